The van der Waals surface area contributed by atoms with Crippen LogP contribution >= 0.6 is 11.3 Å². The van der Waals surface area contributed by atoms with Crippen LogP contribution in [0.4, 0.5) is 0 Å². The number of aliphatic carboxylic acids is 1. The Labute approximate surface area is 153 Å². The Bertz CT molecular complexity index is 931. The van der Waals surface area contributed by atoms with Crippen LogP contribution in [0.3, 0.4) is 0 Å². The van der Waals surface area contributed by atoms with Gasteiger partial charge in [-0.2, -0.15) is 5.10 Å². The molecule has 26 heavy (non-hydrogen) atoms. The number of nitrogens with zero attached hydrogens (tertiary/aromatic N) is 4. The molecule has 1 fully saturated rings. The summed E-state index contributed by atoms with van der Waals surface area (Å²) in [4.78, 5) is 31.8. The fourth-order valence-corrected chi connectivity index (χ4v) is 4.32. The summed E-state index contributed by atoms with van der Waals surface area (Å²) in [5, 5.41) is 19.0. The van der Waals surface area contributed by atoms with Gasteiger partial charge >= 0.3 is 5.97 Å². The summed E-state index contributed by atoms with van der Waals surface area (Å²) in [7, 11) is 0. The Hall–Kier alpha value is -2.78. The van der Waals surface area contributed by atoms with Gasteiger partial charge < -0.3 is 10.0 Å². The van der Waals surface area contributed by atoms with E-state index in [1.807, 2.05) is 34.5 Å². The molecule has 1 saturated heterocycles. The lowest BCUT2D eigenvalue weighted by Gasteiger charge is -2.37. The number of piperazine rings is 1. The summed E-state index contributed by atoms with van der Waals surface area (Å²) < 4.78 is 1.08. The van der Waals surface area contributed by atoms with Gasteiger partial charge in [-0.15, -0.1) is 11.3 Å². The number of benzene rings is 1. The summed E-state index contributed by atoms with van der Waals surface area (Å²) in [6, 6.07) is 7.11. The Morgan fingerprint density at radius 1 is 1.19 bits per heavy atom. The Morgan fingerprint density at radius 3 is 2.65 bits per heavy atom. The minimum Gasteiger partial charge on any atom is -0.480 e. The third-order valence-corrected chi connectivity index (χ3v) is 5.61. The van der Waals surface area contributed by atoms with Gasteiger partial charge in [0, 0.05) is 30.9 Å². The molecule has 1 amide bonds. The number of thiophene rings is 1. The summed E-state index contributed by atoms with van der Waals surface area (Å²) in [6.45, 7) is 1.87. The topological polar surface area (TPSA) is 102 Å². The number of carbonyl (C=O) groups excluding carboxylic acids is 1. The largest absolute Gasteiger partial charge is 0.480 e. The van der Waals surface area contributed by atoms with E-state index in [0.29, 0.717) is 26.2 Å². The molecule has 0 radical (unpaired) electrons. The smallest absolute Gasteiger partial charge is 0.325 e. The second-order valence-corrected chi connectivity index (χ2v) is 7.00. The van der Waals surface area contributed by atoms with E-state index >= 15 is 0 Å². The first kappa shape index (κ1) is 16.7. The zero-order valence-electron chi connectivity index (χ0n) is 13.8. The average molecular weight is 371 g/mol. The van der Waals surface area contributed by atoms with E-state index in [9.17, 15) is 14.7 Å². The zero-order chi connectivity index (χ0) is 18.1. The number of hydrogen-bond donors (Lipinski definition) is 2. The van der Waals surface area contributed by atoms with Gasteiger partial charge in [0.15, 0.2) is 0 Å². The average Bonchev–Trinajstić information content (AvgIpc) is 3.32. The maximum atomic E-state index is 12.3. The number of aromatic nitrogens is 3. The van der Waals surface area contributed by atoms with Crippen LogP contribution in [-0.2, 0) is 4.79 Å². The van der Waals surface area contributed by atoms with Crippen LogP contribution in [0.5, 0.6) is 0 Å². The number of H-pyrrole nitrogens is 1. The Morgan fingerprint density at radius 2 is 1.96 bits per heavy atom. The van der Waals surface area contributed by atoms with Crippen LogP contribution < -0.4 is 0 Å². The lowest BCUT2D eigenvalue weighted by atomic mass is 10.0. The summed E-state index contributed by atoms with van der Waals surface area (Å²) in [5.74, 6) is -0.879. The van der Waals surface area contributed by atoms with Gasteiger partial charge in [0.25, 0.3) is 5.91 Å². The van der Waals surface area contributed by atoms with Gasteiger partial charge in [-0.05, 0) is 22.4 Å². The molecule has 3 heterocycles. The molecule has 1 aromatic carbocycles. The SMILES string of the molecule is O=C(O)[C@H](c1csc2ccccc12)N1CCN(C(=O)c2ncn[nH]2)CC1. The van der Waals surface area contributed by atoms with E-state index in [-0.39, 0.29) is 11.7 Å². The van der Waals surface area contributed by atoms with Crippen LogP contribution in [0.2, 0.25) is 0 Å². The quantitative estimate of drug-likeness (QED) is 0.722. The van der Waals surface area contributed by atoms with Gasteiger partial charge in [-0.25, -0.2) is 4.98 Å². The maximum Gasteiger partial charge on any atom is 0.325 e. The number of aromatic amines is 1. The van der Waals surface area contributed by atoms with Crippen molar-refractivity contribution in [2.24, 2.45) is 0 Å². The number of nitrogens with one attached hydrogen (secondary N) is 1. The highest BCUT2D eigenvalue weighted by atomic mass is 32.1. The minimum absolute atomic E-state index is 0.206. The molecule has 8 nitrogen and oxygen atoms in total. The standard InChI is InChI=1S/C17H17N5O3S/c23-16(15-18-10-19-20-15)22-7-5-21(6-8-22)14(17(24)25)12-9-26-13-4-2-1-3-11(12)13/h1-4,9-10,14H,5-8H2,(H,24,25)(H,18,19,20)/t14-/m0/s1. The maximum absolute atomic E-state index is 12.3. The van der Waals surface area contributed by atoms with Gasteiger partial charge in [0.1, 0.15) is 12.4 Å². The molecule has 9 heteroatoms. The van der Waals surface area contributed by atoms with Gasteiger partial charge in [0.05, 0.1) is 0 Å². The molecule has 1 aliphatic heterocycles. The molecule has 0 bridgehead atoms. The van der Waals surface area contributed by atoms with Crippen molar-refractivity contribution < 1.29 is 14.7 Å². The lowest BCUT2D eigenvalue weighted by molar-refractivity contribution is -0.144. The normalized spacial score (nSPS) is 16.7. The van der Waals surface area contributed by atoms with E-state index < -0.39 is 12.0 Å². The minimum atomic E-state index is -0.872. The van der Waals surface area contributed by atoms with E-state index in [2.05, 4.69) is 15.2 Å². The van der Waals surface area contributed by atoms with Crippen molar-refractivity contribution in [1.82, 2.24) is 25.0 Å². The second-order valence-electron chi connectivity index (χ2n) is 6.09. The number of amides is 1. The monoisotopic (exact) mass is 371 g/mol. The first-order valence-corrected chi connectivity index (χ1v) is 9.11. The van der Waals surface area contributed by atoms with Crippen molar-refractivity contribution >= 4 is 33.3 Å². The number of carbonyl (C=O) groups is 2. The van der Waals surface area contributed by atoms with Crippen LogP contribution in [0, 0.1) is 0 Å². The van der Waals surface area contributed by atoms with Crippen molar-refractivity contribution in [2.75, 3.05) is 26.2 Å². The van der Waals surface area contributed by atoms with Crippen molar-refractivity contribution in [3.63, 3.8) is 0 Å². The van der Waals surface area contributed by atoms with Crippen molar-refractivity contribution in [3.05, 3.63) is 47.4 Å². The molecule has 3 aromatic rings. The highest BCUT2D eigenvalue weighted by Gasteiger charge is 2.33. The number of hydrogen-bond acceptors (Lipinski definition) is 6. The van der Waals surface area contributed by atoms with Crippen molar-refractivity contribution in [3.8, 4) is 0 Å². The molecule has 0 aliphatic carbocycles. The molecule has 1 aliphatic rings. The fourth-order valence-electron chi connectivity index (χ4n) is 3.34. The second kappa shape index (κ2) is 6.85. The molecule has 134 valence electrons. The summed E-state index contributed by atoms with van der Waals surface area (Å²) >= 11 is 1.55. The predicted molar refractivity (Wildman–Crippen MR) is 96.1 cm³/mol. The van der Waals surface area contributed by atoms with Gasteiger partial charge in [-0.1, -0.05) is 18.2 Å². The van der Waals surface area contributed by atoms with Gasteiger partial charge in [-0.3, -0.25) is 19.6 Å². The van der Waals surface area contributed by atoms with E-state index in [1.165, 1.54) is 6.33 Å². The van der Waals surface area contributed by atoms with E-state index in [1.54, 1.807) is 16.2 Å². The molecule has 0 spiro atoms. The third-order valence-electron chi connectivity index (χ3n) is 4.62. The van der Waals surface area contributed by atoms with Crippen LogP contribution in [-0.4, -0.2) is 68.1 Å². The van der Waals surface area contributed by atoms with Gasteiger partial charge in [0.2, 0.25) is 5.82 Å². The van der Waals surface area contributed by atoms with E-state index in [4.69, 9.17) is 0 Å². The Kier molecular flexibility index (Phi) is 4.39. The Balaban J connectivity index is 1.53. The summed E-state index contributed by atoms with van der Waals surface area (Å²) in [5.41, 5.74) is 0.813. The van der Waals surface area contributed by atoms with Crippen LogP contribution in [0.15, 0.2) is 36.0 Å². The molecule has 2 aromatic heterocycles. The molecule has 0 saturated carbocycles. The highest BCUT2D eigenvalue weighted by molar-refractivity contribution is 7.17. The van der Waals surface area contributed by atoms with E-state index in [0.717, 1.165) is 15.6 Å². The van der Waals surface area contributed by atoms with Crippen LogP contribution in [0.1, 0.15) is 22.2 Å². The highest BCUT2D eigenvalue weighted by Crippen LogP contribution is 2.33. The fraction of sp³-hybridized carbons (Fsp3) is 0.294. The number of fused-ring (bicyclic) bond motifs is 1. The summed E-state index contributed by atoms with van der Waals surface area (Å²) in [6.07, 6.45) is 1.30. The molecule has 0 unspecified atom stereocenters. The molecular formula is C17H17N5O3S. The molecule has 2 N–H and O–H groups in total. The lowest BCUT2D eigenvalue weighted by Crippen LogP contribution is -2.51. The molecule has 4 rings (SSSR count). The zero-order valence-corrected chi connectivity index (χ0v) is 14.6. The molecular weight excluding hydrogens is 354 g/mol. The molecule has 1 atom stereocenters. The van der Waals surface area contributed by atoms with Crippen molar-refractivity contribution in [2.45, 2.75) is 6.04 Å². The number of carboxylic acid groups (broad SMARTS) is 1. The van der Waals surface area contributed by atoms with Crippen molar-refractivity contribution in [1.29, 1.82) is 0 Å². The first-order valence-electron chi connectivity index (χ1n) is 8.23. The first-order chi connectivity index (χ1) is 12.6. The number of carboxylic acids is 1. The van der Waals surface area contributed by atoms with Crippen LogP contribution in [0.25, 0.3) is 10.1 Å². The third kappa shape index (κ3) is 2.95. The number of rotatable bonds is 4. The predicted octanol–water partition coefficient (Wildman–Crippen LogP) is 1.60.